The summed E-state index contributed by atoms with van der Waals surface area (Å²) in [6, 6.07) is 0.859. The van der Waals surface area contributed by atoms with Gasteiger partial charge in [0.2, 0.25) is 5.91 Å². The predicted molar refractivity (Wildman–Crippen MR) is 74.9 cm³/mol. The average Bonchev–Trinajstić information content (AvgIpc) is 2.37. The molecule has 1 amide bonds. The number of rotatable bonds is 4. The third-order valence-corrected chi connectivity index (χ3v) is 4.74. The van der Waals surface area contributed by atoms with Gasteiger partial charge in [-0.2, -0.15) is 0 Å². The molecule has 1 fully saturated rings. The van der Waals surface area contributed by atoms with Gasteiger partial charge in [0, 0.05) is 25.2 Å². The highest BCUT2D eigenvalue weighted by molar-refractivity contribution is 7.91. The molecule has 21 heavy (non-hydrogen) atoms. The zero-order chi connectivity index (χ0) is 15.5. The van der Waals surface area contributed by atoms with Crippen molar-refractivity contribution in [1.82, 2.24) is 10.3 Å². The molecule has 1 aliphatic heterocycles. The molecular weight excluding hydrogens is 298 g/mol. The molecule has 1 atom stereocenters. The first-order valence-electron chi connectivity index (χ1n) is 6.28. The molecule has 2 rings (SSSR count). The van der Waals surface area contributed by atoms with Crippen molar-refractivity contribution in [3.05, 3.63) is 24.0 Å². The van der Waals surface area contributed by atoms with Crippen LogP contribution in [0.15, 0.2) is 18.5 Å². The van der Waals surface area contributed by atoms with E-state index in [9.17, 15) is 18.0 Å². The van der Waals surface area contributed by atoms with Crippen molar-refractivity contribution in [2.75, 3.05) is 23.4 Å². The fourth-order valence-electron chi connectivity index (χ4n) is 2.06. The molecule has 1 saturated heterocycles. The van der Waals surface area contributed by atoms with E-state index in [1.165, 1.54) is 18.5 Å². The van der Waals surface area contributed by atoms with Crippen molar-refractivity contribution in [3.63, 3.8) is 0 Å². The summed E-state index contributed by atoms with van der Waals surface area (Å²) in [4.78, 5) is 26.4. The number of carbonyl (C=O) groups excluding carboxylic acids is 1. The summed E-state index contributed by atoms with van der Waals surface area (Å²) in [5, 5.41) is 14.3. The summed E-state index contributed by atoms with van der Waals surface area (Å²) in [5.74, 6) is -1.53. The number of carbonyl (C=O) groups is 2. The van der Waals surface area contributed by atoms with Crippen LogP contribution in [-0.2, 0) is 14.6 Å². The lowest BCUT2D eigenvalue weighted by molar-refractivity contribution is -0.116. The van der Waals surface area contributed by atoms with Crippen LogP contribution in [0.2, 0.25) is 0 Å². The van der Waals surface area contributed by atoms with Gasteiger partial charge in [0.15, 0.2) is 9.84 Å². The second kappa shape index (κ2) is 6.19. The molecule has 0 saturated carbocycles. The minimum Gasteiger partial charge on any atom is -0.478 e. The SMILES string of the molecule is O=C(CC1CS(=O)(=O)CCN1)Nc1cncc(C(=O)O)c1. The lowest BCUT2D eigenvalue weighted by atomic mass is 10.2. The molecule has 1 aliphatic rings. The minimum absolute atomic E-state index is 0.00344. The first-order valence-corrected chi connectivity index (χ1v) is 8.10. The van der Waals surface area contributed by atoms with E-state index in [0.717, 1.165) is 0 Å². The smallest absolute Gasteiger partial charge is 0.337 e. The quantitative estimate of drug-likeness (QED) is 0.684. The number of hydrogen-bond acceptors (Lipinski definition) is 6. The molecule has 0 aliphatic carbocycles. The van der Waals surface area contributed by atoms with Crippen LogP contribution >= 0.6 is 0 Å². The molecule has 0 bridgehead atoms. The second-order valence-electron chi connectivity index (χ2n) is 4.79. The van der Waals surface area contributed by atoms with E-state index in [1.54, 1.807) is 0 Å². The van der Waals surface area contributed by atoms with E-state index in [0.29, 0.717) is 6.54 Å². The highest BCUT2D eigenvalue weighted by Gasteiger charge is 2.26. The molecule has 3 N–H and O–H groups in total. The number of sulfone groups is 1. The molecule has 9 heteroatoms. The zero-order valence-corrected chi connectivity index (χ0v) is 11.9. The summed E-state index contributed by atoms with van der Waals surface area (Å²) in [6.07, 6.45) is 2.50. The monoisotopic (exact) mass is 313 g/mol. The Morgan fingerprint density at radius 2 is 2.19 bits per heavy atom. The molecule has 8 nitrogen and oxygen atoms in total. The van der Waals surface area contributed by atoms with Crippen molar-refractivity contribution in [1.29, 1.82) is 0 Å². The Balaban J connectivity index is 1.95. The van der Waals surface area contributed by atoms with Gasteiger partial charge in [-0.05, 0) is 6.07 Å². The van der Waals surface area contributed by atoms with Crippen LogP contribution in [0.3, 0.4) is 0 Å². The first kappa shape index (κ1) is 15.4. The van der Waals surface area contributed by atoms with Crippen molar-refractivity contribution in [2.45, 2.75) is 12.5 Å². The van der Waals surface area contributed by atoms with E-state index in [2.05, 4.69) is 15.6 Å². The number of aromatic nitrogens is 1. The minimum atomic E-state index is -3.10. The third kappa shape index (κ3) is 4.50. The average molecular weight is 313 g/mol. The number of hydrogen-bond donors (Lipinski definition) is 3. The highest BCUT2D eigenvalue weighted by Crippen LogP contribution is 2.11. The van der Waals surface area contributed by atoms with Crippen LogP contribution in [0, 0.1) is 0 Å². The van der Waals surface area contributed by atoms with Gasteiger partial charge in [0.05, 0.1) is 29.0 Å². The van der Waals surface area contributed by atoms with Gasteiger partial charge in [-0.3, -0.25) is 9.78 Å². The van der Waals surface area contributed by atoms with Crippen molar-refractivity contribution in [3.8, 4) is 0 Å². The van der Waals surface area contributed by atoms with Crippen molar-refractivity contribution in [2.24, 2.45) is 0 Å². The van der Waals surface area contributed by atoms with Gasteiger partial charge < -0.3 is 15.7 Å². The summed E-state index contributed by atoms with van der Waals surface area (Å²) >= 11 is 0. The fourth-order valence-corrected chi connectivity index (χ4v) is 3.50. The number of nitrogens with zero attached hydrogens (tertiary/aromatic N) is 1. The van der Waals surface area contributed by atoms with Gasteiger partial charge in [-0.25, -0.2) is 13.2 Å². The van der Waals surface area contributed by atoms with E-state index in [4.69, 9.17) is 5.11 Å². The number of nitrogens with one attached hydrogen (secondary N) is 2. The lowest BCUT2D eigenvalue weighted by Gasteiger charge is -2.23. The van der Waals surface area contributed by atoms with Gasteiger partial charge in [-0.15, -0.1) is 0 Å². The maximum atomic E-state index is 11.9. The topological polar surface area (TPSA) is 125 Å². The third-order valence-electron chi connectivity index (χ3n) is 3.00. The van der Waals surface area contributed by atoms with Gasteiger partial charge in [0.1, 0.15) is 0 Å². The van der Waals surface area contributed by atoms with Crippen LogP contribution in [0.25, 0.3) is 0 Å². The molecule has 0 radical (unpaired) electrons. The molecule has 1 aromatic rings. The number of aromatic carboxylic acids is 1. The molecule has 1 aromatic heterocycles. The number of pyridine rings is 1. The van der Waals surface area contributed by atoms with E-state index in [1.807, 2.05) is 0 Å². The predicted octanol–water partition coefficient (Wildman–Crippen LogP) is -0.505. The maximum absolute atomic E-state index is 11.9. The fraction of sp³-hybridized carbons (Fsp3) is 0.417. The van der Waals surface area contributed by atoms with Crippen LogP contribution in [0.5, 0.6) is 0 Å². The normalized spacial score (nSPS) is 20.7. The molecule has 1 unspecified atom stereocenters. The zero-order valence-electron chi connectivity index (χ0n) is 11.1. The van der Waals surface area contributed by atoms with Gasteiger partial charge in [0.25, 0.3) is 0 Å². The van der Waals surface area contributed by atoms with Crippen LogP contribution < -0.4 is 10.6 Å². The largest absolute Gasteiger partial charge is 0.478 e. The van der Waals surface area contributed by atoms with E-state index < -0.39 is 27.8 Å². The Bertz CT molecular complexity index is 659. The summed E-state index contributed by atoms with van der Waals surface area (Å²) in [7, 11) is -3.10. The highest BCUT2D eigenvalue weighted by atomic mass is 32.2. The number of amides is 1. The molecule has 0 spiro atoms. The Hall–Kier alpha value is -2.00. The maximum Gasteiger partial charge on any atom is 0.337 e. The second-order valence-corrected chi connectivity index (χ2v) is 7.01. The van der Waals surface area contributed by atoms with Crippen LogP contribution in [0.1, 0.15) is 16.8 Å². The van der Waals surface area contributed by atoms with Gasteiger partial charge >= 0.3 is 5.97 Å². The number of carboxylic acid groups (broad SMARTS) is 1. The molecular formula is C12H15N3O5S. The van der Waals surface area contributed by atoms with Crippen molar-refractivity contribution >= 4 is 27.4 Å². The van der Waals surface area contributed by atoms with Gasteiger partial charge in [-0.1, -0.05) is 0 Å². The Morgan fingerprint density at radius 3 is 2.86 bits per heavy atom. The Labute approximate surface area is 121 Å². The number of carboxylic acids is 1. The Kier molecular flexibility index (Phi) is 4.53. The Morgan fingerprint density at radius 1 is 1.43 bits per heavy atom. The standard InChI is InChI=1S/C12H15N3O5S/c16-11(4-10-7-21(19,20)2-1-14-10)15-9-3-8(12(17)18)5-13-6-9/h3,5-6,10,14H,1-2,4,7H2,(H,15,16)(H,17,18). The van der Waals surface area contributed by atoms with Crippen LogP contribution in [0.4, 0.5) is 5.69 Å². The number of anilines is 1. The summed E-state index contributed by atoms with van der Waals surface area (Å²) in [5.41, 5.74) is 0.227. The lowest BCUT2D eigenvalue weighted by Crippen LogP contribution is -2.46. The first-order chi connectivity index (χ1) is 9.85. The molecule has 0 aromatic carbocycles. The van der Waals surface area contributed by atoms with E-state index in [-0.39, 0.29) is 29.2 Å². The van der Waals surface area contributed by atoms with Crippen molar-refractivity contribution < 1.29 is 23.1 Å². The van der Waals surface area contributed by atoms with E-state index >= 15 is 0 Å². The summed E-state index contributed by atoms with van der Waals surface area (Å²) in [6.45, 7) is 0.330. The molecule has 114 valence electrons. The van der Waals surface area contributed by atoms with Crippen LogP contribution in [-0.4, -0.2) is 54.5 Å². The summed E-state index contributed by atoms with van der Waals surface area (Å²) < 4.78 is 22.9. The molecule has 2 heterocycles.